The number of rotatable bonds is 8. The van der Waals surface area contributed by atoms with Crippen LogP contribution in [0, 0.1) is 5.92 Å². The van der Waals surface area contributed by atoms with Crippen LogP contribution in [0.1, 0.15) is 46.0 Å². The molecule has 0 aromatic heterocycles. The molecule has 0 saturated heterocycles. The zero-order valence-corrected chi connectivity index (χ0v) is 15.4. The molecule has 0 aromatic carbocycles. The number of nitrogens with one attached hydrogen (secondary N) is 1. The van der Waals surface area contributed by atoms with Crippen molar-refractivity contribution in [3.05, 3.63) is 0 Å². The third-order valence-electron chi connectivity index (χ3n) is 4.72. The predicted molar refractivity (Wildman–Crippen MR) is 92.7 cm³/mol. The standard InChI is InChI=1S/C16H28N2O5S/c1-10-6-4-5-7-16(10,2)24-9-12(15(22)23-3)18-14(21)11(17)8-13(19)20/h10-12H,4-9,17H2,1-3H3,(H,18,21)(H,19,20)/t10-,11-,12-,16+/m0/s1. The average Bonchev–Trinajstić information content (AvgIpc) is 2.52. The number of amides is 1. The molecule has 0 radical (unpaired) electrons. The summed E-state index contributed by atoms with van der Waals surface area (Å²) in [7, 11) is 1.26. The van der Waals surface area contributed by atoms with Crippen LogP contribution in [0.4, 0.5) is 0 Å². The second-order valence-electron chi connectivity index (χ2n) is 6.56. The highest BCUT2D eigenvalue weighted by atomic mass is 32.2. The van der Waals surface area contributed by atoms with Crippen LogP contribution in [0.3, 0.4) is 0 Å². The lowest BCUT2D eigenvalue weighted by molar-refractivity contribution is -0.144. The lowest BCUT2D eigenvalue weighted by atomic mass is 9.81. The lowest BCUT2D eigenvalue weighted by Gasteiger charge is -2.40. The summed E-state index contributed by atoms with van der Waals surface area (Å²) in [5.41, 5.74) is 5.54. The number of aliphatic carboxylic acids is 1. The van der Waals surface area contributed by atoms with Gasteiger partial charge in [-0.2, -0.15) is 11.8 Å². The number of hydrogen-bond donors (Lipinski definition) is 3. The fraction of sp³-hybridized carbons (Fsp3) is 0.812. The second kappa shape index (κ2) is 9.27. The van der Waals surface area contributed by atoms with Crippen LogP contribution < -0.4 is 11.1 Å². The lowest BCUT2D eigenvalue weighted by Crippen LogP contribution is -2.51. The number of thioether (sulfide) groups is 1. The van der Waals surface area contributed by atoms with Gasteiger partial charge >= 0.3 is 11.9 Å². The van der Waals surface area contributed by atoms with Gasteiger partial charge in [0.25, 0.3) is 0 Å². The van der Waals surface area contributed by atoms with Crippen LogP contribution in [0.15, 0.2) is 0 Å². The first-order chi connectivity index (χ1) is 11.2. The Morgan fingerprint density at radius 2 is 2.08 bits per heavy atom. The van der Waals surface area contributed by atoms with E-state index < -0.39 is 36.4 Å². The van der Waals surface area contributed by atoms with Crippen molar-refractivity contribution >= 4 is 29.6 Å². The van der Waals surface area contributed by atoms with Crippen LogP contribution in [-0.2, 0) is 19.1 Å². The first kappa shape index (κ1) is 20.8. The molecule has 1 rings (SSSR count). The monoisotopic (exact) mass is 360 g/mol. The molecule has 1 aliphatic rings. The third-order valence-corrected chi connectivity index (χ3v) is 6.48. The van der Waals surface area contributed by atoms with Gasteiger partial charge in [0.1, 0.15) is 6.04 Å². The van der Waals surface area contributed by atoms with E-state index in [2.05, 4.69) is 19.2 Å². The highest BCUT2D eigenvalue weighted by Crippen LogP contribution is 2.43. The molecule has 138 valence electrons. The molecule has 1 amide bonds. The minimum atomic E-state index is -1.19. The van der Waals surface area contributed by atoms with Crippen molar-refractivity contribution in [2.75, 3.05) is 12.9 Å². The van der Waals surface area contributed by atoms with E-state index in [0.29, 0.717) is 11.7 Å². The maximum absolute atomic E-state index is 12.0. The van der Waals surface area contributed by atoms with Gasteiger partial charge in [-0.15, -0.1) is 0 Å². The molecule has 4 atom stereocenters. The summed E-state index contributed by atoms with van der Waals surface area (Å²) in [6.45, 7) is 4.40. The van der Waals surface area contributed by atoms with Crippen molar-refractivity contribution in [1.29, 1.82) is 0 Å². The van der Waals surface area contributed by atoms with Gasteiger partial charge in [0.05, 0.1) is 19.6 Å². The molecule has 1 fully saturated rings. The van der Waals surface area contributed by atoms with Crippen LogP contribution in [-0.4, -0.2) is 52.6 Å². The number of carboxylic acid groups (broad SMARTS) is 1. The highest BCUT2D eigenvalue weighted by molar-refractivity contribution is 8.00. The first-order valence-electron chi connectivity index (χ1n) is 8.19. The summed E-state index contributed by atoms with van der Waals surface area (Å²) in [6.07, 6.45) is 4.12. The molecule has 0 aliphatic heterocycles. The Balaban J connectivity index is 2.67. The Kier molecular flexibility index (Phi) is 8.02. The highest BCUT2D eigenvalue weighted by Gasteiger charge is 2.36. The predicted octanol–water partition coefficient (Wildman–Crippen LogP) is 1.15. The maximum atomic E-state index is 12.0. The minimum absolute atomic E-state index is 0.0540. The second-order valence-corrected chi connectivity index (χ2v) is 8.11. The number of nitrogens with two attached hydrogens (primary N) is 1. The molecule has 1 aliphatic carbocycles. The number of carbonyl (C=O) groups excluding carboxylic acids is 2. The number of methoxy groups -OCH3 is 1. The zero-order valence-electron chi connectivity index (χ0n) is 14.5. The van der Waals surface area contributed by atoms with E-state index in [1.165, 1.54) is 13.5 Å². The molecule has 8 heteroatoms. The van der Waals surface area contributed by atoms with E-state index in [-0.39, 0.29) is 4.75 Å². The van der Waals surface area contributed by atoms with E-state index in [4.69, 9.17) is 15.6 Å². The largest absolute Gasteiger partial charge is 0.481 e. The van der Waals surface area contributed by atoms with E-state index in [1.54, 1.807) is 11.8 Å². The van der Waals surface area contributed by atoms with Gasteiger partial charge in [-0.1, -0.05) is 26.7 Å². The number of carboxylic acids is 1. The van der Waals surface area contributed by atoms with Gasteiger partial charge in [-0.3, -0.25) is 9.59 Å². The third kappa shape index (κ3) is 5.98. The maximum Gasteiger partial charge on any atom is 0.329 e. The Bertz CT molecular complexity index is 473. The first-order valence-corrected chi connectivity index (χ1v) is 9.17. The summed E-state index contributed by atoms with van der Waals surface area (Å²) < 4.78 is 4.80. The number of hydrogen-bond acceptors (Lipinski definition) is 6. The molecule has 0 heterocycles. The van der Waals surface area contributed by atoms with Gasteiger partial charge in [0.15, 0.2) is 0 Å². The molecular weight excluding hydrogens is 332 g/mol. The summed E-state index contributed by atoms with van der Waals surface area (Å²) in [5, 5.41) is 11.2. The SMILES string of the molecule is COC(=O)[C@H](CS[C@]1(C)CCCC[C@@H]1C)NC(=O)[C@@H](N)CC(=O)O. The van der Waals surface area contributed by atoms with Gasteiger partial charge < -0.3 is 20.9 Å². The van der Waals surface area contributed by atoms with Crippen molar-refractivity contribution in [3.8, 4) is 0 Å². The van der Waals surface area contributed by atoms with Crippen LogP contribution in [0.2, 0.25) is 0 Å². The van der Waals surface area contributed by atoms with Crippen LogP contribution in [0.25, 0.3) is 0 Å². The summed E-state index contributed by atoms with van der Waals surface area (Å²) in [6, 6.07) is -2.03. The van der Waals surface area contributed by atoms with Gasteiger partial charge in [-0.05, 0) is 18.8 Å². The minimum Gasteiger partial charge on any atom is -0.481 e. The number of carbonyl (C=O) groups is 3. The number of esters is 1. The number of ether oxygens (including phenoxy) is 1. The van der Waals surface area contributed by atoms with Gasteiger partial charge in [0.2, 0.25) is 5.91 Å². The quantitative estimate of drug-likeness (QED) is 0.556. The van der Waals surface area contributed by atoms with E-state index in [1.807, 2.05) is 0 Å². The fourth-order valence-electron chi connectivity index (χ4n) is 2.84. The molecule has 1 saturated carbocycles. The topological polar surface area (TPSA) is 119 Å². The molecule has 4 N–H and O–H groups in total. The smallest absolute Gasteiger partial charge is 0.329 e. The normalized spacial score (nSPS) is 26.2. The summed E-state index contributed by atoms with van der Waals surface area (Å²) in [4.78, 5) is 34.6. The van der Waals surface area contributed by atoms with Crippen molar-refractivity contribution in [2.45, 2.75) is 62.8 Å². The Labute approximate surface area is 147 Å². The van der Waals surface area contributed by atoms with E-state index in [9.17, 15) is 14.4 Å². The molecule has 24 heavy (non-hydrogen) atoms. The van der Waals surface area contributed by atoms with Gasteiger partial charge in [-0.25, -0.2) is 4.79 Å². The molecule has 0 unspecified atom stereocenters. The summed E-state index contributed by atoms with van der Waals surface area (Å²) in [5.74, 6) is -1.47. The Hall–Kier alpha value is -1.28. The fourth-order valence-corrected chi connectivity index (χ4v) is 4.29. The van der Waals surface area contributed by atoms with Crippen molar-refractivity contribution < 1.29 is 24.2 Å². The zero-order chi connectivity index (χ0) is 18.3. The summed E-state index contributed by atoms with van der Waals surface area (Å²) >= 11 is 1.65. The van der Waals surface area contributed by atoms with Gasteiger partial charge in [0, 0.05) is 10.5 Å². The van der Waals surface area contributed by atoms with E-state index in [0.717, 1.165) is 19.3 Å². The molecular formula is C16H28N2O5S. The average molecular weight is 360 g/mol. The molecule has 0 spiro atoms. The van der Waals surface area contributed by atoms with Crippen LogP contribution >= 0.6 is 11.8 Å². The Morgan fingerprint density at radius 3 is 2.62 bits per heavy atom. The molecule has 7 nitrogen and oxygen atoms in total. The molecule has 0 bridgehead atoms. The van der Waals surface area contributed by atoms with Crippen molar-refractivity contribution in [3.63, 3.8) is 0 Å². The van der Waals surface area contributed by atoms with Crippen molar-refractivity contribution in [2.24, 2.45) is 11.7 Å². The Morgan fingerprint density at radius 1 is 1.42 bits per heavy atom. The van der Waals surface area contributed by atoms with E-state index >= 15 is 0 Å². The molecule has 0 aromatic rings. The van der Waals surface area contributed by atoms with Crippen LogP contribution in [0.5, 0.6) is 0 Å². The van der Waals surface area contributed by atoms with Crippen molar-refractivity contribution in [1.82, 2.24) is 5.32 Å².